The van der Waals surface area contributed by atoms with Crippen LogP contribution in [0.2, 0.25) is 0 Å². The summed E-state index contributed by atoms with van der Waals surface area (Å²) in [6.45, 7) is 2.00. The maximum Gasteiger partial charge on any atom is 0.325 e. The van der Waals surface area contributed by atoms with Gasteiger partial charge in [-0.2, -0.15) is 0 Å². The van der Waals surface area contributed by atoms with E-state index in [-0.39, 0.29) is 6.16 Å². The second kappa shape index (κ2) is 13.0. The molecule has 0 bridgehead atoms. The van der Waals surface area contributed by atoms with Crippen molar-refractivity contribution in [1.82, 2.24) is 5.32 Å². The summed E-state index contributed by atoms with van der Waals surface area (Å²) >= 11 is 0. The molecule has 1 aliphatic carbocycles. The fourth-order valence-corrected chi connectivity index (χ4v) is 4.63. The highest BCUT2D eigenvalue weighted by molar-refractivity contribution is 7.51. The van der Waals surface area contributed by atoms with Crippen LogP contribution in [0.4, 0.5) is 0 Å². The number of rotatable bonds is 14. The highest BCUT2D eigenvalue weighted by atomic mass is 31.2. The van der Waals surface area contributed by atoms with Gasteiger partial charge in [0.2, 0.25) is 0 Å². The van der Waals surface area contributed by atoms with Gasteiger partial charge in [-0.1, -0.05) is 42.5 Å². The number of aryl methyl sites for hydroxylation is 1. The molecule has 1 aliphatic rings. The normalized spacial score (nSPS) is 13.9. The van der Waals surface area contributed by atoms with E-state index >= 15 is 0 Å². The van der Waals surface area contributed by atoms with Crippen molar-refractivity contribution in [2.75, 3.05) is 19.3 Å². The predicted molar refractivity (Wildman–Crippen MR) is 131 cm³/mol. The van der Waals surface area contributed by atoms with Crippen molar-refractivity contribution in [3.8, 4) is 5.75 Å². The van der Waals surface area contributed by atoms with Crippen LogP contribution in [-0.4, -0.2) is 29.1 Å². The molecule has 3 rings (SSSR count). The molecule has 32 heavy (non-hydrogen) atoms. The van der Waals surface area contributed by atoms with Gasteiger partial charge >= 0.3 is 7.60 Å². The number of allylic oxidation sites excluding steroid dienone is 2. The molecular weight excluding hydrogens is 421 g/mol. The quantitative estimate of drug-likeness (QED) is 0.250. The third kappa shape index (κ3) is 8.91. The fourth-order valence-electron chi connectivity index (χ4n) is 4.06. The molecule has 0 aromatic heterocycles. The maximum absolute atomic E-state index is 10.9. The monoisotopic (exact) mass is 457 g/mol. The molecule has 174 valence electrons. The van der Waals surface area contributed by atoms with Gasteiger partial charge in [-0.15, -0.1) is 0 Å². The third-order valence-corrected chi connectivity index (χ3v) is 6.67. The first-order valence-corrected chi connectivity index (χ1v) is 13.6. The summed E-state index contributed by atoms with van der Waals surface area (Å²) in [4.78, 5) is 17.9. The van der Waals surface area contributed by atoms with Crippen LogP contribution in [0.1, 0.15) is 61.6 Å². The van der Waals surface area contributed by atoms with Crippen molar-refractivity contribution in [2.45, 2.75) is 57.9 Å². The van der Waals surface area contributed by atoms with Crippen molar-refractivity contribution < 1.29 is 19.1 Å². The molecule has 0 heterocycles. The van der Waals surface area contributed by atoms with Gasteiger partial charge in [-0.25, -0.2) is 0 Å². The van der Waals surface area contributed by atoms with E-state index in [1.54, 1.807) is 0 Å². The van der Waals surface area contributed by atoms with Crippen molar-refractivity contribution in [3.05, 3.63) is 71.3 Å². The Morgan fingerprint density at radius 3 is 2.56 bits per heavy atom. The zero-order chi connectivity index (χ0) is 22.7. The van der Waals surface area contributed by atoms with Crippen LogP contribution < -0.4 is 10.1 Å². The molecule has 0 unspecified atom stereocenters. The van der Waals surface area contributed by atoms with E-state index < -0.39 is 7.60 Å². The van der Waals surface area contributed by atoms with Crippen LogP contribution in [-0.2, 0) is 17.5 Å². The minimum atomic E-state index is -3.90. The Morgan fingerprint density at radius 2 is 1.81 bits per heavy atom. The molecule has 2 aromatic rings. The highest BCUT2D eigenvalue weighted by Crippen LogP contribution is 2.35. The molecule has 6 heteroatoms. The lowest BCUT2D eigenvalue weighted by atomic mass is 10.0. The molecule has 3 N–H and O–H groups in total. The van der Waals surface area contributed by atoms with E-state index in [4.69, 9.17) is 14.5 Å². The maximum atomic E-state index is 10.9. The van der Waals surface area contributed by atoms with E-state index in [0.29, 0.717) is 19.5 Å². The molecule has 0 spiro atoms. The number of benzene rings is 2. The van der Waals surface area contributed by atoms with Crippen LogP contribution >= 0.6 is 7.60 Å². The minimum Gasteiger partial charge on any atom is -0.493 e. The summed E-state index contributed by atoms with van der Waals surface area (Å²) < 4.78 is 17.1. The minimum absolute atomic E-state index is 0.0732. The van der Waals surface area contributed by atoms with E-state index in [1.165, 1.54) is 35.1 Å². The van der Waals surface area contributed by atoms with E-state index in [1.807, 2.05) is 0 Å². The van der Waals surface area contributed by atoms with Gasteiger partial charge in [-0.3, -0.25) is 4.57 Å². The molecule has 0 saturated heterocycles. The summed E-state index contributed by atoms with van der Waals surface area (Å²) in [7, 11) is -3.90. The van der Waals surface area contributed by atoms with E-state index in [0.717, 1.165) is 44.5 Å². The smallest absolute Gasteiger partial charge is 0.325 e. The summed E-state index contributed by atoms with van der Waals surface area (Å²) in [5.74, 6) is 0.964. The first-order valence-electron chi connectivity index (χ1n) is 11.8. The van der Waals surface area contributed by atoms with Crippen LogP contribution in [0, 0.1) is 0 Å². The third-order valence-electron chi connectivity index (χ3n) is 5.77. The largest absolute Gasteiger partial charge is 0.493 e. The number of hydrogen-bond acceptors (Lipinski definition) is 3. The lowest BCUT2D eigenvalue weighted by molar-refractivity contribution is 0.304. The molecule has 0 atom stereocenters. The molecule has 0 amide bonds. The number of ether oxygens (including phenoxy) is 1. The Bertz CT molecular complexity index is 907. The molecule has 0 saturated carbocycles. The Hall–Kier alpha value is -1.91. The van der Waals surface area contributed by atoms with Crippen LogP contribution in [0.15, 0.2) is 54.6 Å². The Labute approximate surface area is 192 Å². The van der Waals surface area contributed by atoms with Crippen LogP contribution in [0.25, 0.3) is 5.57 Å². The molecule has 2 aromatic carbocycles. The molecule has 5 nitrogen and oxygen atoms in total. The topological polar surface area (TPSA) is 78.8 Å². The highest BCUT2D eigenvalue weighted by Gasteiger charge is 2.14. The molecule has 0 aliphatic heterocycles. The Morgan fingerprint density at radius 1 is 0.969 bits per heavy atom. The Kier molecular flexibility index (Phi) is 10.0. The van der Waals surface area contributed by atoms with Gasteiger partial charge in [-0.05, 0) is 86.7 Å². The van der Waals surface area contributed by atoms with Crippen LogP contribution in [0.5, 0.6) is 5.75 Å². The number of nitrogens with one attached hydrogen (secondary N) is 1. The van der Waals surface area contributed by atoms with Gasteiger partial charge in [0.15, 0.2) is 0 Å². The molecule has 0 fully saturated rings. The lowest BCUT2D eigenvalue weighted by Crippen LogP contribution is -2.16. The fraction of sp³-hybridized carbons (Fsp3) is 0.462. The van der Waals surface area contributed by atoms with Crippen molar-refractivity contribution >= 4 is 13.2 Å². The Balaban J connectivity index is 1.46. The lowest BCUT2D eigenvalue weighted by Gasteiger charge is -2.15. The summed E-state index contributed by atoms with van der Waals surface area (Å²) in [5, 5.41) is 3.29. The first-order chi connectivity index (χ1) is 15.5. The zero-order valence-electron chi connectivity index (χ0n) is 18.8. The second-order valence-electron chi connectivity index (χ2n) is 8.52. The van der Waals surface area contributed by atoms with Crippen LogP contribution in [0.3, 0.4) is 0 Å². The first kappa shape index (κ1) is 24.7. The SMILES string of the molecule is O=P(O)(O)CCCNCc1ccc(OCCCCCc2ccccc2)c(C2=CCCC2)c1. The average Bonchev–Trinajstić information content (AvgIpc) is 3.31. The number of hydrogen-bond donors (Lipinski definition) is 3. The van der Waals surface area contributed by atoms with Gasteiger partial charge in [0.05, 0.1) is 12.8 Å². The van der Waals surface area contributed by atoms with Gasteiger partial charge < -0.3 is 19.8 Å². The predicted octanol–water partition coefficient (Wildman–Crippen LogP) is 5.70. The average molecular weight is 458 g/mol. The molecule has 0 radical (unpaired) electrons. The summed E-state index contributed by atoms with van der Waals surface area (Å²) in [5.41, 5.74) is 5.13. The molecular formula is C26H36NO4P. The van der Waals surface area contributed by atoms with Crippen molar-refractivity contribution in [2.24, 2.45) is 0 Å². The number of unbranched alkanes of at least 4 members (excludes halogenated alkanes) is 2. The zero-order valence-corrected chi connectivity index (χ0v) is 19.7. The van der Waals surface area contributed by atoms with Gasteiger partial charge in [0.25, 0.3) is 0 Å². The summed E-state index contributed by atoms with van der Waals surface area (Å²) in [6.07, 6.45) is 10.6. The van der Waals surface area contributed by atoms with E-state index in [2.05, 4.69) is 59.9 Å². The summed E-state index contributed by atoms with van der Waals surface area (Å²) in [6, 6.07) is 17.0. The van der Waals surface area contributed by atoms with Crippen molar-refractivity contribution in [1.29, 1.82) is 0 Å². The van der Waals surface area contributed by atoms with E-state index in [9.17, 15) is 4.57 Å². The van der Waals surface area contributed by atoms with Gasteiger partial charge in [0, 0.05) is 12.1 Å². The van der Waals surface area contributed by atoms with Gasteiger partial charge in [0.1, 0.15) is 5.75 Å². The second-order valence-corrected chi connectivity index (χ2v) is 10.3. The van der Waals surface area contributed by atoms with Crippen molar-refractivity contribution in [3.63, 3.8) is 0 Å². The standard InChI is InChI=1S/C26H36NO4P/c28-32(29,30)19-9-17-27-21-23-15-16-26(25(20-23)24-13-6-7-14-24)31-18-8-2-5-12-22-10-3-1-4-11-22/h1,3-4,10-11,13,15-16,20,27H,2,5-9,12,14,17-19,21H2,(H2,28,29,30).